The summed E-state index contributed by atoms with van der Waals surface area (Å²) >= 11 is -2.04. The van der Waals surface area contributed by atoms with Gasteiger partial charge in [0, 0.05) is 12.2 Å². The molecule has 0 aromatic heterocycles. The van der Waals surface area contributed by atoms with Gasteiger partial charge in [0.15, 0.2) is 11.1 Å². The number of hydrogen-bond acceptors (Lipinski definition) is 3. The smallest absolute Gasteiger partial charge is 0.162 e. The Labute approximate surface area is 91.6 Å². The molecule has 0 aliphatic rings. The second-order valence-corrected chi connectivity index (χ2v) is 4.22. The van der Waals surface area contributed by atoms with Crippen molar-refractivity contribution in [1.82, 2.24) is 0 Å². The van der Waals surface area contributed by atoms with Crippen LogP contribution < -0.4 is 5.32 Å². The summed E-state index contributed by atoms with van der Waals surface area (Å²) in [5.41, 5.74) is 1.55. The van der Waals surface area contributed by atoms with Gasteiger partial charge in [0.1, 0.15) is 5.25 Å². The average molecular weight is 229 g/mol. The zero-order valence-electron chi connectivity index (χ0n) is 8.51. The van der Waals surface area contributed by atoms with Crippen molar-refractivity contribution in [2.75, 3.05) is 18.5 Å². The molecule has 2 atom stereocenters. The number of nitrogens with one attached hydrogen (secondary N) is 1. The molecule has 0 aliphatic carbocycles. The van der Waals surface area contributed by atoms with E-state index in [1.807, 2.05) is 13.0 Å². The van der Waals surface area contributed by atoms with E-state index in [4.69, 9.17) is 9.66 Å². The Balaban J connectivity index is 2.92. The highest BCUT2D eigenvalue weighted by molar-refractivity contribution is 7.79. The number of rotatable bonds is 5. The summed E-state index contributed by atoms with van der Waals surface area (Å²) in [6.45, 7) is 2.43. The van der Waals surface area contributed by atoms with Gasteiger partial charge in [-0.15, -0.1) is 0 Å². The Bertz CT molecular complexity index is 343. The molecule has 0 aliphatic heterocycles. The van der Waals surface area contributed by atoms with E-state index in [1.54, 1.807) is 18.2 Å². The molecule has 0 fully saturated rings. The van der Waals surface area contributed by atoms with Crippen molar-refractivity contribution in [3.8, 4) is 0 Å². The van der Waals surface area contributed by atoms with Crippen molar-refractivity contribution in [3.05, 3.63) is 29.8 Å². The molecule has 0 heterocycles. The predicted molar refractivity (Wildman–Crippen MR) is 61.2 cm³/mol. The first-order valence-electron chi connectivity index (χ1n) is 4.73. The maximum Gasteiger partial charge on any atom is 0.162 e. The third kappa shape index (κ3) is 3.30. The molecule has 0 spiro atoms. The minimum absolute atomic E-state index is 0.335. The molecule has 15 heavy (non-hydrogen) atoms. The molecule has 3 N–H and O–H groups in total. The minimum Gasteiger partial charge on any atom is -0.395 e. The summed E-state index contributed by atoms with van der Waals surface area (Å²) in [5.74, 6) is 0. The van der Waals surface area contributed by atoms with Crippen LogP contribution in [0.4, 0.5) is 5.69 Å². The highest BCUT2D eigenvalue weighted by atomic mass is 32.2. The van der Waals surface area contributed by atoms with Gasteiger partial charge in [0.05, 0.1) is 6.61 Å². The normalized spacial score (nSPS) is 14.6. The van der Waals surface area contributed by atoms with Crippen molar-refractivity contribution < 1.29 is 13.9 Å². The number of aliphatic hydroxyl groups is 1. The maximum absolute atomic E-state index is 10.9. The van der Waals surface area contributed by atoms with E-state index in [9.17, 15) is 4.21 Å². The summed E-state index contributed by atoms with van der Waals surface area (Å²) in [6, 6.07) is 7.18. The third-order valence-corrected chi connectivity index (χ3v) is 2.96. The predicted octanol–water partition coefficient (Wildman–Crippen LogP) is 1.37. The molecule has 1 aromatic rings. The molecule has 1 rings (SSSR count). The largest absolute Gasteiger partial charge is 0.395 e. The summed E-state index contributed by atoms with van der Waals surface area (Å²) in [5, 5.41) is 11.4. The van der Waals surface area contributed by atoms with E-state index < -0.39 is 16.3 Å². The van der Waals surface area contributed by atoms with E-state index >= 15 is 0 Å². The van der Waals surface area contributed by atoms with E-state index in [0.717, 1.165) is 12.2 Å². The molecule has 4 nitrogen and oxygen atoms in total. The summed E-state index contributed by atoms with van der Waals surface area (Å²) in [4.78, 5) is 0. The highest BCUT2D eigenvalue weighted by Crippen LogP contribution is 2.21. The van der Waals surface area contributed by atoms with Crippen LogP contribution in [0.3, 0.4) is 0 Å². The Hall–Kier alpha value is -0.910. The van der Waals surface area contributed by atoms with E-state index in [0.29, 0.717) is 5.56 Å². The minimum atomic E-state index is -2.04. The van der Waals surface area contributed by atoms with Crippen molar-refractivity contribution in [2.24, 2.45) is 0 Å². The van der Waals surface area contributed by atoms with Crippen molar-refractivity contribution in [3.63, 3.8) is 0 Å². The molecular weight excluding hydrogens is 214 g/mol. The van der Waals surface area contributed by atoms with Gasteiger partial charge in [-0.2, -0.15) is 0 Å². The summed E-state index contributed by atoms with van der Waals surface area (Å²) < 4.78 is 19.9. The molecule has 2 unspecified atom stereocenters. The second-order valence-electron chi connectivity index (χ2n) is 3.10. The van der Waals surface area contributed by atoms with Crippen LogP contribution in [0, 0.1) is 0 Å². The fourth-order valence-electron chi connectivity index (χ4n) is 1.34. The van der Waals surface area contributed by atoms with Crippen LogP contribution in [-0.4, -0.2) is 27.0 Å². The van der Waals surface area contributed by atoms with Gasteiger partial charge in [0.25, 0.3) is 0 Å². The first-order chi connectivity index (χ1) is 7.19. The molecule has 1 aromatic carbocycles. The van der Waals surface area contributed by atoms with Gasteiger partial charge in [-0.3, -0.25) is 0 Å². The number of hydrogen-bond donors (Lipinski definition) is 3. The van der Waals surface area contributed by atoms with Crippen molar-refractivity contribution >= 4 is 16.8 Å². The molecule has 0 amide bonds. The molecule has 0 bridgehead atoms. The van der Waals surface area contributed by atoms with E-state index in [2.05, 4.69) is 5.32 Å². The van der Waals surface area contributed by atoms with Crippen molar-refractivity contribution in [2.45, 2.75) is 12.2 Å². The highest BCUT2D eigenvalue weighted by Gasteiger charge is 2.16. The van der Waals surface area contributed by atoms with Gasteiger partial charge in [-0.05, 0) is 24.6 Å². The molecule has 0 radical (unpaired) electrons. The molecular formula is C10H15NO3S. The molecule has 84 valence electrons. The summed E-state index contributed by atoms with van der Waals surface area (Å²) in [7, 11) is 0. The first-order valence-corrected chi connectivity index (χ1v) is 5.90. The lowest BCUT2D eigenvalue weighted by atomic mass is 10.1. The molecule has 0 saturated heterocycles. The standard InChI is InChI=1S/C10H15NO3S/c1-2-11-9-5-3-4-8(6-9)10(7-12)15(13)14/h3-6,10-12H,2,7H2,1H3,(H,13,14). The average Bonchev–Trinajstić information content (AvgIpc) is 2.19. The van der Waals surface area contributed by atoms with E-state index in [-0.39, 0.29) is 6.61 Å². The molecule has 5 heteroatoms. The Kier molecular flexibility index (Phi) is 4.74. The molecule has 0 saturated carbocycles. The monoisotopic (exact) mass is 229 g/mol. The second kappa shape index (κ2) is 5.85. The zero-order valence-corrected chi connectivity index (χ0v) is 9.33. The van der Waals surface area contributed by atoms with Crippen LogP contribution in [0.5, 0.6) is 0 Å². The first kappa shape index (κ1) is 12.2. The van der Waals surface area contributed by atoms with Crippen LogP contribution in [0.15, 0.2) is 24.3 Å². The fraction of sp³-hybridized carbons (Fsp3) is 0.400. The quantitative estimate of drug-likeness (QED) is 0.667. The third-order valence-electron chi connectivity index (χ3n) is 2.05. The van der Waals surface area contributed by atoms with Crippen LogP contribution in [0.2, 0.25) is 0 Å². The van der Waals surface area contributed by atoms with Gasteiger partial charge in [-0.25, -0.2) is 4.21 Å². The Morgan fingerprint density at radius 3 is 2.80 bits per heavy atom. The van der Waals surface area contributed by atoms with Gasteiger partial charge in [0.2, 0.25) is 0 Å². The zero-order chi connectivity index (χ0) is 11.3. The van der Waals surface area contributed by atoms with E-state index in [1.165, 1.54) is 0 Å². The van der Waals surface area contributed by atoms with Gasteiger partial charge in [-0.1, -0.05) is 12.1 Å². The van der Waals surface area contributed by atoms with Crippen molar-refractivity contribution in [1.29, 1.82) is 0 Å². The Morgan fingerprint density at radius 2 is 2.27 bits per heavy atom. The SMILES string of the molecule is CCNc1cccc(C(CO)S(=O)O)c1. The number of benzene rings is 1. The van der Waals surface area contributed by atoms with Gasteiger partial charge < -0.3 is 15.0 Å². The van der Waals surface area contributed by atoms with Crippen LogP contribution in [0.1, 0.15) is 17.7 Å². The van der Waals surface area contributed by atoms with Crippen LogP contribution in [-0.2, 0) is 11.1 Å². The number of anilines is 1. The van der Waals surface area contributed by atoms with Crippen LogP contribution >= 0.6 is 0 Å². The van der Waals surface area contributed by atoms with Crippen LogP contribution in [0.25, 0.3) is 0 Å². The Morgan fingerprint density at radius 1 is 1.53 bits per heavy atom. The van der Waals surface area contributed by atoms with Gasteiger partial charge >= 0.3 is 0 Å². The fourth-order valence-corrected chi connectivity index (χ4v) is 1.85. The lowest BCUT2D eigenvalue weighted by Crippen LogP contribution is -2.10. The lowest BCUT2D eigenvalue weighted by molar-refractivity contribution is 0.290. The lowest BCUT2D eigenvalue weighted by Gasteiger charge is -2.12. The number of aliphatic hydroxyl groups excluding tert-OH is 1. The summed E-state index contributed by atoms with van der Waals surface area (Å²) in [6.07, 6.45) is 0. The topological polar surface area (TPSA) is 69.6 Å². The maximum atomic E-state index is 10.9.